The minimum absolute atomic E-state index is 0.00436. The minimum atomic E-state index is -0.977. The van der Waals surface area contributed by atoms with Crippen molar-refractivity contribution in [3.63, 3.8) is 0 Å². The Morgan fingerprint density at radius 2 is 2.00 bits per heavy atom. The van der Waals surface area contributed by atoms with Crippen LogP contribution < -0.4 is 10.7 Å². The predicted molar refractivity (Wildman–Crippen MR) is 107 cm³/mol. The molecule has 1 aliphatic heterocycles. The van der Waals surface area contributed by atoms with Gasteiger partial charge < -0.3 is 5.32 Å². The number of hydrogen-bond acceptors (Lipinski definition) is 4. The summed E-state index contributed by atoms with van der Waals surface area (Å²) in [7, 11) is 0. The number of carbonyl (C=O) groups excluding carboxylic acids is 3. The van der Waals surface area contributed by atoms with Gasteiger partial charge in [-0.3, -0.25) is 19.9 Å². The van der Waals surface area contributed by atoms with Crippen LogP contribution in [0.1, 0.15) is 52.1 Å². The van der Waals surface area contributed by atoms with E-state index in [9.17, 15) is 14.4 Å². The number of halogens is 1. The van der Waals surface area contributed by atoms with Crippen LogP contribution in [0, 0.1) is 0 Å². The highest BCUT2D eigenvalue weighted by atomic mass is 79.9. The molecule has 0 radical (unpaired) electrons. The van der Waals surface area contributed by atoms with Gasteiger partial charge in [0, 0.05) is 10.5 Å². The van der Waals surface area contributed by atoms with E-state index in [2.05, 4.69) is 26.7 Å². The summed E-state index contributed by atoms with van der Waals surface area (Å²) in [5.74, 6) is -0.838. The second-order valence-corrected chi connectivity index (χ2v) is 7.81. The summed E-state index contributed by atoms with van der Waals surface area (Å²) in [5.41, 5.74) is 2.56. The molecule has 8 heteroatoms. The van der Waals surface area contributed by atoms with E-state index >= 15 is 0 Å². The maximum absolute atomic E-state index is 12.6. The average molecular weight is 439 g/mol. The van der Waals surface area contributed by atoms with Gasteiger partial charge in [-0.1, -0.05) is 48.0 Å². The normalized spacial score (nSPS) is 20.7. The van der Waals surface area contributed by atoms with Crippen LogP contribution in [0.15, 0.2) is 28.7 Å². The standard InChI is InChI=1S/C19H27BrN4O3/c1-5-11-23(13(3)14-9-7-8-10-15(14)20)12-16(25)22-24-17(26)19(4,6-2)21-18(24)27/h7-10,13H,5-6,11-12H2,1-4H3,(H,21,27)(H,22,25)/t13-,19-/m1/s1. The first-order valence-corrected chi connectivity index (χ1v) is 9.97. The smallest absolute Gasteiger partial charge is 0.322 e. The van der Waals surface area contributed by atoms with E-state index in [1.807, 2.05) is 49.9 Å². The summed E-state index contributed by atoms with van der Waals surface area (Å²) in [4.78, 5) is 39.1. The van der Waals surface area contributed by atoms with Crippen molar-refractivity contribution in [2.75, 3.05) is 13.1 Å². The molecule has 0 bridgehead atoms. The number of urea groups is 1. The zero-order chi connectivity index (χ0) is 20.2. The van der Waals surface area contributed by atoms with E-state index in [1.165, 1.54) is 0 Å². The summed E-state index contributed by atoms with van der Waals surface area (Å²) in [6, 6.07) is 7.28. The van der Waals surface area contributed by atoms with Crippen molar-refractivity contribution in [1.29, 1.82) is 0 Å². The van der Waals surface area contributed by atoms with Crippen LogP contribution >= 0.6 is 15.9 Å². The van der Waals surface area contributed by atoms with Crippen LogP contribution in [0.5, 0.6) is 0 Å². The molecule has 27 heavy (non-hydrogen) atoms. The number of nitrogens with zero attached hydrogens (tertiary/aromatic N) is 2. The van der Waals surface area contributed by atoms with Gasteiger partial charge in [-0.05, 0) is 44.9 Å². The van der Waals surface area contributed by atoms with Crippen molar-refractivity contribution in [2.24, 2.45) is 0 Å². The first-order chi connectivity index (χ1) is 12.7. The molecule has 0 spiro atoms. The molecule has 0 unspecified atom stereocenters. The molecule has 2 atom stereocenters. The Hall–Kier alpha value is -1.93. The van der Waals surface area contributed by atoms with Gasteiger partial charge in [0.05, 0.1) is 6.54 Å². The second-order valence-electron chi connectivity index (χ2n) is 6.96. The molecule has 148 valence electrons. The molecular weight excluding hydrogens is 412 g/mol. The number of benzene rings is 1. The maximum atomic E-state index is 12.6. The lowest BCUT2D eigenvalue weighted by Crippen LogP contribution is -2.51. The second kappa shape index (κ2) is 8.84. The summed E-state index contributed by atoms with van der Waals surface area (Å²) in [6.45, 7) is 8.33. The summed E-state index contributed by atoms with van der Waals surface area (Å²) < 4.78 is 0.979. The molecule has 1 aromatic carbocycles. The Kier molecular flexibility index (Phi) is 7.00. The third kappa shape index (κ3) is 4.68. The van der Waals surface area contributed by atoms with E-state index in [-0.39, 0.29) is 12.6 Å². The molecule has 1 fully saturated rings. The third-order valence-corrected chi connectivity index (χ3v) is 5.69. The largest absolute Gasteiger partial charge is 0.344 e. The molecule has 2 rings (SSSR count). The number of imide groups is 1. The molecule has 1 heterocycles. The summed E-state index contributed by atoms with van der Waals surface area (Å²) >= 11 is 3.56. The van der Waals surface area contributed by atoms with Crippen molar-refractivity contribution in [2.45, 2.75) is 52.1 Å². The Labute approximate surface area is 168 Å². The molecule has 1 saturated heterocycles. The Morgan fingerprint density at radius 1 is 1.33 bits per heavy atom. The van der Waals surface area contributed by atoms with Crippen LogP contribution in [-0.2, 0) is 9.59 Å². The number of rotatable bonds is 8. The predicted octanol–water partition coefficient (Wildman–Crippen LogP) is 2.97. The number of carbonyl (C=O) groups is 3. The summed E-state index contributed by atoms with van der Waals surface area (Å²) in [5, 5.41) is 3.41. The fourth-order valence-corrected chi connectivity index (χ4v) is 3.69. The summed E-state index contributed by atoms with van der Waals surface area (Å²) in [6.07, 6.45) is 1.32. The Bertz CT molecular complexity index is 727. The van der Waals surface area contributed by atoms with Crippen LogP contribution in [0.4, 0.5) is 4.79 Å². The van der Waals surface area contributed by atoms with Gasteiger partial charge in [0.25, 0.3) is 11.8 Å². The van der Waals surface area contributed by atoms with Crippen molar-refractivity contribution < 1.29 is 14.4 Å². The molecular formula is C19H27BrN4O3. The van der Waals surface area contributed by atoms with Crippen LogP contribution in [0.25, 0.3) is 0 Å². The van der Waals surface area contributed by atoms with Gasteiger partial charge in [0.15, 0.2) is 0 Å². The van der Waals surface area contributed by atoms with Gasteiger partial charge in [-0.15, -0.1) is 0 Å². The number of amides is 4. The van der Waals surface area contributed by atoms with Crippen molar-refractivity contribution in [1.82, 2.24) is 20.7 Å². The van der Waals surface area contributed by atoms with E-state index in [1.54, 1.807) is 6.92 Å². The molecule has 7 nitrogen and oxygen atoms in total. The van der Waals surface area contributed by atoms with Gasteiger partial charge in [0.2, 0.25) is 0 Å². The zero-order valence-electron chi connectivity index (χ0n) is 16.2. The molecule has 0 aliphatic carbocycles. The number of hydrogen-bond donors (Lipinski definition) is 2. The molecule has 0 aromatic heterocycles. The maximum Gasteiger partial charge on any atom is 0.344 e. The number of hydrazine groups is 1. The van der Waals surface area contributed by atoms with Gasteiger partial charge in [-0.25, -0.2) is 4.79 Å². The lowest BCUT2D eigenvalue weighted by Gasteiger charge is -2.29. The fourth-order valence-electron chi connectivity index (χ4n) is 3.08. The van der Waals surface area contributed by atoms with E-state index in [0.717, 1.165) is 21.5 Å². The lowest BCUT2D eigenvalue weighted by molar-refractivity contribution is -0.139. The van der Waals surface area contributed by atoms with Crippen molar-refractivity contribution in [3.8, 4) is 0 Å². The molecule has 0 saturated carbocycles. The fraction of sp³-hybridized carbons (Fsp3) is 0.526. The van der Waals surface area contributed by atoms with Gasteiger partial charge in [-0.2, -0.15) is 5.01 Å². The molecule has 2 N–H and O–H groups in total. The zero-order valence-corrected chi connectivity index (χ0v) is 17.8. The first-order valence-electron chi connectivity index (χ1n) is 9.18. The highest BCUT2D eigenvalue weighted by Crippen LogP contribution is 2.27. The average Bonchev–Trinajstić information content (AvgIpc) is 2.85. The third-order valence-electron chi connectivity index (χ3n) is 4.97. The topological polar surface area (TPSA) is 81.8 Å². The van der Waals surface area contributed by atoms with Crippen molar-refractivity contribution >= 4 is 33.8 Å². The monoisotopic (exact) mass is 438 g/mol. The van der Waals surface area contributed by atoms with E-state index in [0.29, 0.717) is 13.0 Å². The quantitative estimate of drug-likeness (QED) is 0.611. The molecule has 4 amide bonds. The van der Waals surface area contributed by atoms with E-state index in [4.69, 9.17) is 0 Å². The van der Waals surface area contributed by atoms with Crippen LogP contribution in [0.2, 0.25) is 0 Å². The Morgan fingerprint density at radius 3 is 2.56 bits per heavy atom. The minimum Gasteiger partial charge on any atom is -0.322 e. The van der Waals surface area contributed by atoms with Crippen molar-refractivity contribution in [3.05, 3.63) is 34.3 Å². The highest BCUT2D eigenvalue weighted by Gasteiger charge is 2.47. The molecule has 1 aromatic rings. The Balaban J connectivity index is 2.08. The van der Waals surface area contributed by atoms with Crippen LogP contribution in [0.3, 0.4) is 0 Å². The molecule has 1 aliphatic rings. The first kappa shape index (κ1) is 21.4. The number of nitrogens with one attached hydrogen (secondary N) is 2. The van der Waals surface area contributed by atoms with Crippen LogP contribution in [-0.4, -0.2) is 46.4 Å². The van der Waals surface area contributed by atoms with Gasteiger partial charge >= 0.3 is 6.03 Å². The highest BCUT2D eigenvalue weighted by molar-refractivity contribution is 9.10. The van der Waals surface area contributed by atoms with E-state index < -0.39 is 23.4 Å². The lowest BCUT2D eigenvalue weighted by atomic mass is 10.00. The van der Waals surface area contributed by atoms with Gasteiger partial charge in [0.1, 0.15) is 5.54 Å². The SMILES string of the molecule is CCCN(CC(=O)NN1C(=O)N[C@](C)(CC)C1=O)[C@H](C)c1ccccc1Br.